The first-order valence-electron chi connectivity index (χ1n) is 7.62. The van der Waals surface area contributed by atoms with Crippen molar-refractivity contribution in [1.29, 1.82) is 0 Å². The fraction of sp³-hybridized carbons (Fsp3) is 0.556. The van der Waals surface area contributed by atoms with E-state index in [0.717, 1.165) is 27.7 Å². The molecule has 0 bridgehead atoms. The second-order valence-corrected chi connectivity index (χ2v) is 8.56. The van der Waals surface area contributed by atoms with Crippen LogP contribution in [0.5, 0.6) is 5.75 Å². The molecule has 0 fully saturated rings. The molecule has 1 aromatic rings. The average Bonchev–Trinajstić information content (AvgIpc) is 2.85. The Morgan fingerprint density at radius 3 is 1.95 bits per heavy atom. The number of benzene rings is 1. The second-order valence-electron chi connectivity index (χ2n) is 7.91. The summed E-state index contributed by atoms with van der Waals surface area (Å²) in [6.07, 6.45) is 2.10. The third kappa shape index (κ3) is 3.49. The monoisotopic (exact) mass is 367 g/mol. The van der Waals surface area contributed by atoms with E-state index in [4.69, 9.17) is 4.84 Å². The van der Waals surface area contributed by atoms with Crippen LogP contribution in [-0.4, -0.2) is 16.5 Å². The highest BCUT2D eigenvalue weighted by atomic mass is 79.9. The highest BCUT2D eigenvalue weighted by Gasteiger charge is 2.28. The van der Waals surface area contributed by atoms with E-state index in [2.05, 4.69) is 81.2 Å². The molecule has 0 aromatic heterocycles. The average molecular weight is 368 g/mol. The van der Waals surface area contributed by atoms with Gasteiger partial charge in [0.2, 0.25) is 0 Å². The Morgan fingerprint density at radius 1 is 1.09 bits per heavy atom. The summed E-state index contributed by atoms with van der Waals surface area (Å²) in [6.45, 7) is 12.7. The van der Waals surface area contributed by atoms with Crippen molar-refractivity contribution in [3.63, 3.8) is 0 Å². The van der Waals surface area contributed by atoms with Crippen LogP contribution in [0.2, 0.25) is 0 Å². The number of phenolic OH excluding ortho intramolecular Hbond substituents is 1. The number of halogens is 1. The lowest BCUT2D eigenvalue weighted by Gasteiger charge is -2.28. The summed E-state index contributed by atoms with van der Waals surface area (Å²) in [5.41, 5.74) is 6.67. The summed E-state index contributed by atoms with van der Waals surface area (Å²) in [4.78, 5) is 5.50. The summed E-state index contributed by atoms with van der Waals surface area (Å²) < 4.78 is 0. The molecule has 2 N–H and O–H groups in total. The molecule has 0 aliphatic carbocycles. The minimum atomic E-state index is -0.130. The number of phenols is 1. The molecule has 1 aliphatic heterocycles. The van der Waals surface area contributed by atoms with Gasteiger partial charge in [-0.3, -0.25) is 10.3 Å². The van der Waals surface area contributed by atoms with Gasteiger partial charge in [-0.15, -0.1) is 0 Å². The molecular formula is C18H26BrNO2. The van der Waals surface area contributed by atoms with Gasteiger partial charge < -0.3 is 5.11 Å². The molecule has 1 heterocycles. The molecule has 3 nitrogen and oxygen atoms in total. The van der Waals surface area contributed by atoms with E-state index in [1.165, 1.54) is 0 Å². The van der Waals surface area contributed by atoms with Crippen molar-refractivity contribution >= 4 is 21.6 Å². The largest absolute Gasteiger partial charge is 0.507 e. The molecule has 0 radical (unpaired) electrons. The number of nitrogens with one attached hydrogen (secondary N) is 1. The Bertz CT molecular complexity index is 559. The van der Waals surface area contributed by atoms with Crippen LogP contribution in [0.1, 0.15) is 58.2 Å². The standard InChI is InChI=1S/C18H26BrNO2/c1-17(2,3)13-7-11(15-9-12(10-19)22-20-15)8-14(16(13)21)18(4,5)6/h7-9,12,20-21H,10H2,1-6H3/t12-/m0/s1. The lowest BCUT2D eigenvalue weighted by atomic mass is 9.78. The van der Waals surface area contributed by atoms with Crippen molar-refractivity contribution < 1.29 is 9.94 Å². The molecule has 1 atom stereocenters. The Kier molecular flexibility index (Phi) is 4.65. The van der Waals surface area contributed by atoms with Crippen LogP contribution in [0.3, 0.4) is 0 Å². The lowest BCUT2D eigenvalue weighted by molar-refractivity contribution is 0.0658. The van der Waals surface area contributed by atoms with E-state index in [9.17, 15) is 5.11 Å². The van der Waals surface area contributed by atoms with Crippen molar-refractivity contribution in [3.05, 3.63) is 34.9 Å². The van der Waals surface area contributed by atoms with Gasteiger partial charge in [0.1, 0.15) is 11.9 Å². The summed E-state index contributed by atoms with van der Waals surface area (Å²) in [6, 6.07) is 4.12. The first-order valence-corrected chi connectivity index (χ1v) is 8.74. The van der Waals surface area contributed by atoms with Gasteiger partial charge in [0.15, 0.2) is 0 Å². The SMILES string of the molecule is CC(C)(C)c1cc(C2=C[C@@H](CBr)ON2)cc(C(C)(C)C)c1O. The molecule has 0 amide bonds. The van der Waals surface area contributed by atoms with Crippen molar-refractivity contribution in [2.45, 2.75) is 58.5 Å². The van der Waals surface area contributed by atoms with Gasteiger partial charge in [-0.2, -0.15) is 0 Å². The van der Waals surface area contributed by atoms with Gasteiger partial charge in [0, 0.05) is 22.0 Å². The first-order chi connectivity index (χ1) is 10.0. The topological polar surface area (TPSA) is 41.5 Å². The van der Waals surface area contributed by atoms with Crippen LogP contribution in [0, 0.1) is 0 Å². The summed E-state index contributed by atoms with van der Waals surface area (Å²) in [7, 11) is 0. The van der Waals surface area contributed by atoms with Crippen molar-refractivity contribution in [2.24, 2.45) is 0 Å². The van der Waals surface area contributed by atoms with E-state index in [1.54, 1.807) is 0 Å². The molecular weight excluding hydrogens is 342 g/mol. The molecule has 1 aromatic carbocycles. The lowest BCUT2D eigenvalue weighted by Crippen LogP contribution is -2.18. The molecule has 0 spiro atoms. The fourth-order valence-electron chi connectivity index (χ4n) is 2.56. The second kappa shape index (κ2) is 5.89. The van der Waals surface area contributed by atoms with Crippen LogP contribution in [-0.2, 0) is 15.7 Å². The van der Waals surface area contributed by atoms with E-state index in [0.29, 0.717) is 5.75 Å². The van der Waals surface area contributed by atoms with Gasteiger partial charge in [-0.1, -0.05) is 57.5 Å². The fourth-order valence-corrected chi connectivity index (χ4v) is 2.88. The maximum atomic E-state index is 10.7. The van der Waals surface area contributed by atoms with Gasteiger partial charge in [-0.05, 0) is 29.0 Å². The Labute approximate surface area is 141 Å². The molecule has 4 heteroatoms. The van der Waals surface area contributed by atoms with Crippen LogP contribution in [0.15, 0.2) is 18.2 Å². The number of hydrogen-bond acceptors (Lipinski definition) is 3. The van der Waals surface area contributed by atoms with Gasteiger partial charge >= 0.3 is 0 Å². The number of hydrogen-bond donors (Lipinski definition) is 2. The van der Waals surface area contributed by atoms with Gasteiger partial charge in [-0.25, -0.2) is 0 Å². The van der Waals surface area contributed by atoms with E-state index < -0.39 is 0 Å². The Morgan fingerprint density at radius 2 is 1.59 bits per heavy atom. The first kappa shape index (κ1) is 17.4. The predicted octanol–water partition coefficient (Wildman–Crippen LogP) is 4.63. The molecule has 22 heavy (non-hydrogen) atoms. The zero-order valence-corrected chi connectivity index (χ0v) is 15.8. The summed E-state index contributed by atoms with van der Waals surface area (Å²) in [5, 5.41) is 11.5. The molecule has 2 rings (SSSR count). The minimum Gasteiger partial charge on any atom is -0.507 e. The zero-order chi connectivity index (χ0) is 16.7. The Balaban J connectivity index is 2.62. The van der Waals surface area contributed by atoms with Crippen LogP contribution in [0.4, 0.5) is 0 Å². The van der Waals surface area contributed by atoms with Crippen LogP contribution in [0.25, 0.3) is 5.70 Å². The summed E-state index contributed by atoms with van der Waals surface area (Å²) >= 11 is 3.43. The molecule has 1 aliphatic rings. The highest BCUT2D eigenvalue weighted by molar-refractivity contribution is 9.09. The van der Waals surface area contributed by atoms with E-state index >= 15 is 0 Å². The number of rotatable bonds is 2. The molecule has 0 saturated heterocycles. The van der Waals surface area contributed by atoms with Crippen molar-refractivity contribution in [3.8, 4) is 5.75 Å². The maximum Gasteiger partial charge on any atom is 0.123 e. The predicted molar refractivity (Wildman–Crippen MR) is 95.3 cm³/mol. The number of alkyl halides is 1. The third-order valence-corrected chi connectivity index (χ3v) is 4.50. The van der Waals surface area contributed by atoms with Gasteiger partial charge in [0.25, 0.3) is 0 Å². The van der Waals surface area contributed by atoms with Crippen LogP contribution >= 0.6 is 15.9 Å². The van der Waals surface area contributed by atoms with Crippen molar-refractivity contribution in [2.75, 3.05) is 5.33 Å². The Hall–Kier alpha value is -1.00. The van der Waals surface area contributed by atoms with E-state index in [-0.39, 0.29) is 16.9 Å². The van der Waals surface area contributed by atoms with Crippen molar-refractivity contribution in [1.82, 2.24) is 5.48 Å². The smallest absolute Gasteiger partial charge is 0.123 e. The molecule has 0 saturated carbocycles. The third-order valence-electron chi connectivity index (χ3n) is 3.86. The number of aromatic hydroxyl groups is 1. The maximum absolute atomic E-state index is 10.7. The molecule has 0 unspecified atom stereocenters. The molecule has 122 valence electrons. The highest BCUT2D eigenvalue weighted by Crippen LogP contribution is 2.41. The minimum absolute atomic E-state index is 0.0278. The number of hydroxylamine groups is 1. The normalized spacial score (nSPS) is 19.0. The van der Waals surface area contributed by atoms with Gasteiger partial charge in [0.05, 0.1) is 5.70 Å². The van der Waals surface area contributed by atoms with Crippen LogP contribution < -0.4 is 5.48 Å². The van der Waals surface area contributed by atoms with E-state index in [1.807, 2.05) is 0 Å². The summed E-state index contributed by atoms with van der Waals surface area (Å²) in [5.74, 6) is 0.403. The zero-order valence-electron chi connectivity index (χ0n) is 14.2. The quantitative estimate of drug-likeness (QED) is 0.748.